The molecule has 1 N–H and O–H groups in total. The lowest BCUT2D eigenvalue weighted by atomic mass is 10.1. The number of hydrogen-bond acceptors (Lipinski definition) is 5. The molecule has 3 rings (SSSR count). The first-order valence-corrected chi connectivity index (χ1v) is 8.61. The Morgan fingerprint density at radius 3 is 2.81 bits per heavy atom. The summed E-state index contributed by atoms with van der Waals surface area (Å²) < 4.78 is 10.1. The predicted molar refractivity (Wildman–Crippen MR) is 102 cm³/mol. The van der Waals surface area contributed by atoms with E-state index in [0.717, 1.165) is 17.7 Å². The summed E-state index contributed by atoms with van der Waals surface area (Å²) in [4.78, 5) is 26.1. The van der Waals surface area contributed by atoms with E-state index in [9.17, 15) is 14.7 Å². The van der Waals surface area contributed by atoms with Crippen LogP contribution in [0.25, 0.3) is 6.08 Å². The minimum atomic E-state index is -0.615. The predicted octanol–water partition coefficient (Wildman–Crippen LogP) is 2.94. The highest BCUT2D eigenvalue weighted by molar-refractivity contribution is 5.98. The molecule has 27 heavy (non-hydrogen) atoms. The number of esters is 1. The SMILES string of the molecule is COc1cc(/C=C/C(=O)OCC(=O)N2c3ccccc3C[C@@H]2C)ccc1O. The van der Waals surface area contributed by atoms with Crippen molar-refractivity contribution in [3.8, 4) is 11.5 Å². The van der Waals surface area contributed by atoms with Gasteiger partial charge in [-0.3, -0.25) is 4.79 Å². The first kappa shape index (κ1) is 18.5. The molecule has 1 amide bonds. The Kier molecular flexibility index (Phi) is 5.45. The molecule has 6 heteroatoms. The van der Waals surface area contributed by atoms with E-state index in [2.05, 4.69) is 0 Å². The van der Waals surface area contributed by atoms with Gasteiger partial charge in [0.1, 0.15) is 0 Å². The quantitative estimate of drug-likeness (QED) is 0.650. The van der Waals surface area contributed by atoms with E-state index in [0.29, 0.717) is 11.3 Å². The zero-order chi connectivity index (χ0) is 19.4. The number of methoxy groups -OCH3 is 1. The van der Waals surface area contributed by atoms with Crippen molar-refractivity contribution in [1.29, 1.82) is 0 Å². The van der Waals surface area contributed by atoms with Crippen molar-refractivity contribution in [2.45, 2.75) is 19.4 Å². The lowest BCUT2D eigenvalue weighted by molar-refractivity contribution is -0.143. The van der Waals surface area contributed by atoms with E-state index in [1.54, 1.807) is 17.0 Å². The molecule has 1 atom stereocenters. The molecule has 1 aliphatic heterocycles. The second-order valence-electron chi connectivity index (χ2n) is 6.32. The van der Waals surface area contributed by atoms with Crippen LogP contribution >= 0.6 is 0 Å². The third kappa shape index (κ3) is 4.11. The smallest absolute Gasteiger partial charge is 0.331 e. The number of hydrogen-bond donors (Lipinski definition) is 1. The molecule has 1 heterocycles. The molecule has 0 unspecified atom stereocenters. The molecule has 0 aliphatic carbocycles. The molecule has 0 bridgehead atoms. The fraction of sp³-hybridized carbons (Fsp3) is 0.238. The second-order valence-corrected chi connectivity index (χ2v) is 6.32. The van der Waals surface area contributed by atoms with Crippen molar-refractivity contribution in [3.63, 3.8) is 0 Å². The zero-order valence-corrected chi connectivity index (χ0v) is 15.2. The summed E-state index contributed by atoms with van der Waals surface area (Å²) in [7, 11) is 1.44. The van der Waals surface area contributed by atoms with E-state index < -0.39 is 5.97 Å². The summed E-state index contributed by atoms with van der Waals surface area (Å²) in [6.45, 7) is 1.65. The highest BCUT2D eigenvalue weighted by atomic mass is 16.5. The van der Waals surface area contributed by atoms with E-state index in [1.165, 1.54) is 25.3 Å². The molecule has 0 saturated carbocycles. The molecule has 0 aromatic heterocycles. The largest absolute Gasteiger partial charge is 0.504 e. The molecule has 6 nitrogen and oxygen atoms in total. The summed E-state index contributed by atoms with van der Waals surface area (Å²) >= 11 is 0. The van der Waals surface area contributed by atoms with Crippen molar-refractivity contribution in [3.05, 3.63) is 59.7 Å². The van der Waals surface area contributed by atoms with Crippen LogP contribution < -0.4 is 9.64 Å². The Hall–Kier alpha value is -3.28. The number of rotatable bonds is 5. The van der Waals surface area contributed by atoms with Gasteiger partial charge in [-0.15, -0.1) is 0 Å². The van der Waals surface area contributed by atoms with Crippen LogP contribution in [0.3, 0.4) is 0 Å². The second kappa shape index (κ2) is 7.95. The molecule has 0 radical (unpaired) electrons. The Balaban J connectivity index is 1.58. The third-order valence-corrected chi connectivity index (χ3v) is 4.43. The molecule has 0 fully saturated rings. The number of carbonyl (C=O) groups excluding carboxylic acids is 2. The summed E-state index contributed by atoms with van der Waals surface area (Å²) in [5.74, 6) is -0.541. The molecule has 1 aliphatic rings. The first-order chi connectivity index (χ1) is 13.0. The summed E-state index contributed by atoms with van der Waals surface area (Å²) in [6.07, 6.45) is 3.56. The van der Waals surface area contributed by atoms with Crippen molar-refractivity contribution < 1.29 is 24.2 Å². The van der Waals surface area contributed by atoms with Crippen LogP contribution in [0.1, 0.15) is 18.1 Å². The van der Waals surface area contributed by atoms with Crippen molar-refractivity contribution in [2.24, 2.45) is 0 Å². The highest BCUT2D eigenvalue weighted by Gasteiger charge is 2.30. The number of benzene rings is 2. The summed E-state index contributed by atoms with van der Waals surface area (Å²) in [5.41, 5.74) is 2.65. The minimum absolute atomic E-state index is 0.0165. The van der Waals surface area contributed by atoms with E-state index in [-0.39, 0.29) is 24.3 Å². The number of amides is 1. The van der Waals surface area contributed by atoms with Crippen molar-refractivity contribution in [1.82, 2.24) is 0 Å². The van der Waals surface area contributed by atoms with Gasteiger partial charge in [0.25, 0.3) is 5.91 Å². The Morgan fingerprint density at radius 1 is 1.26 bits per heavy atom. The van der Waals surface area contributed by atoms with Gasteiger partial charge < -0.3 is 19.5 Å². The molecule has 140 valence electrons. The van der Waals surface area contributed by atoms with E-state index in [1.807, 2.05) is 31.2 Å². The topological polar surface area (TPSA) is 76.1 Å². The monoisotopic (exact) mass is 367 g/mol. The lowest BCUT2D eigenvalue weighted by Crippen LogP contribution is -2.38. The molecule has 2 aromatic rings. The number of para-hydroxylation sites is 1. The Morgan fingerprint density at radius 2 is 2.04 bits per heavy atom. The number of aromatic hydroxyl groups is 1. The summed E-state index contributed by atoms with van der Waals surface area (Å²) in [6, 6.07) is 12.5. The van der Waals surface area contributed by atoms with Gasteiger partial charge in [-0.2, -0.15) is 0 Å². The van der Waals surface area contributed by atoms with Crippen LogP contribution in [0.2, 0.25) is 0 Å². The average molecular weight is 367 g/mol. The van der Waals surface area contributed by atoms with Crippen molar-refractivity contribution in [2.75, 3.05) is 18.6 Å². The molecule has 2 aromatic carbocycles. The van der Waals surface area contributed by atoms with Gasteiger partial charge in [-0.05, 0) is 48.7 Å². The van der Waals surface area contributed by atoms with E-state index in [4.69, 9.17) is 9.47 Å². The number of fused-ring (bicyclic) bond motifs is 1. The number of ether oxygens (including phenoxy) is 2. The van der Waals surface area contributed by atoms with Gasteiger partial charge in [0.2, 0.25) is 0 Å². The number of nitrogens with zero attached hydrogens (tertiary/aromatic N) is 1. The van der Waals surface area contributed by atoms with Gasteiger partial charge in [0, 0.05) is 17.8 Å². The molecule has 0 saturated heterocycles. The van der Waals surface area contributed by atoms with Gasteiger partial charge in [-0.1, -0.05) is 24.3 Å². The first-order valence-electron chi connectivity index (χ1n) is 8.61. The fourth-order valence-corrected chi connectivity index (χ4v) is 3.16. The Labute approximate surface area is 157 Å². The van der Waals surface area contributed by atoms with Gasteiger partial charge in [-0.25, -0.2) is 4.79 Å². The van der Waals surface area contributed by atoms with Gasteiger partial charge in [0.15, 0.2) is 18.1 Å². The van der Waals surface area contributed by atoms with Crippen LogP contribution in [0, 0.1) is 0 Å². The maximum Gasteiger partial charge on any atom is 0.331 e. The lowest BCUT2D eigenvalue weighted by Gasteiger charge is -2.22. The van der Waals surface area contributed by atoms with Crippen molar-refractivity contribution >= 4 is 23.6 Å². The van der Waals surface area contributed by atoms with Crippen LogP contribution in [0.15, 0.2) is 48.5 Å². The number of phenolic OH excluding ortho intramolecular Hbond substituents is 1. The van der Waals surface area contributed by atoms with Gasteiger partial charge >= 0.3 is 5.97 Å². The zero-order valence-electron chi connectivity index (χ0n) is 15.2. The van der Waals surface area contributed by atoms with E-state index >= 15 is 0 Å². The maximum absolute atomic E-state index is 12.5. The molecular formula is C21H21NO5. The van der Waals surface area contributed by atoms with Crippen LogP contribution in [-0.2, 0) is 20.7 Å². The Bertz CT molecular complexity index is 890. The third-order valence-electron chi connectivity index (χ3n) is 4.43. The minimum Gasteiger partial charge on any atom is -0.504 e. The molecule has 0 spiro atoms. The van der Waals surface area contributed by atoms with Gasteiger partial charge in [0.05, 0.1) is 7.11 Å². The summed E-state index contributed by atoms with van der Waals surface area (Å²) in [5, 5.41) is 9.57. The van der Waals surface area contributed by atoms with Crippen LogP contribution in [0.4, 0.5) is 5.69 Å². The average Bonchev–Trinajstić information content (AvgIpc) is 3.01. The molecular weight excluding hydrogens is 346 g/mol. The number of anilines is 1. The fourth-order valence-electron chi connectivity index (χ4n) is 3.16. The van der Waals surface area contributed by atoms with Crippen LogP contribution in [0.5, 0.6) is 11.5 Å². The maximum atomic E-state index is 12.5. The number of carbonyl (C=O) groups is 2. The highest BCUT2D eigenvalue weighted by Crippen LogP contribution is 2.31. The normalized spacial score (nSPS) is 15.6. The standard InChI is InChI=1S/C21H21NO5/c1-14-11-16-5-3-4-6-17(16)22(14)20(24)13-27-21(25)10-8-15-7-9-18(23)19(12-15)26-2/h3-10,12,14,23H,11,13H2,1-2H3/b10-8+/t14-/m0/s1. The van der Waals surface area contributed by atoms with Crippen LogP contribution in [-0.4, -0.2) is 36.7 Å². The number of phenols is 1.